The van der Waals surface area contributed by atoms with Crippen molar-refractivity contribution in [3.63, 3.8) is 0 Å². The number of hydrogen-bond donors (Lipinski definition) is 2. The molecule has 0 radical (unpaired) electrons. The maximum Gasteiger partial charge on any atom is 0.230 e. The quantitative estimate of drug-likeness (QED) is 0.599. The fourth-order valence-electron chi connectivity index (χ4n) is 1.77. The molecule has 0 aliphatic carbocycles. The predicted octanol–water partition coefficient (Wildman–Crippen LogP) is 3.44. The van der Waals surface area contributed by atoms with E-state index in [-0.39, 0.29) is 17.8 Å². The number of thioether (sulfide) groups is 1. The number of hydrogen-bond acceptors (Lipinski definition) is 3. The first-order valence-electron chi connectivity index (χ1n) is 6.85. The zero-order valence-electron chi connectivity index (χ0n) is 12.3. The molecule has 1 unspecified atom stereocenters. The third kappa shape index (κ3) is 6.28. The van der Waals surface area contributed by atoms with Crippen LogP contribution in [0.5, 0.6) is 0 Å². The molecule has 0 aromatic heterocycles. The second-order valence-electron chi connectivity index (χ2n) is 5.41. The number of carbonyl (C=O) groups excluding carboxylic acids is 1. The summed E-state index contributed by atoms with van der Waals surface area (Å²) in [7, 11) is 0. The Kier molecular flexibility index (Phi) is 6.85. The Morgan fingerprint density at radius 3 is 2.65 bits per heavy atom. The molecule has 1 aromatic carbocycles. The minimum Gasteiger partial charge on any atom is -0.398 e. The Morgan fingerprint density at radius 1 is 1.35 bits per heavy atom. The molecular weight excluding hydrogens is 275 g/mol. The maximum absolute atomic E-state index is 12.9. The first-order valence-corrected chi connectivity index (χ1v) is 7.84. The SMILES string of the molecule is CC(C)CCC(C)NC(=O)CSc1ccc(F)cc1N. The zero-order chi connectivity index (χ0) is 15.1. The van der Waals surface area contributed by atoms with E-state index in [4.69, 9.17) is 5.73 Å². The highest BCUT2D eigenvalue weighted by atomic mass is 32.2. The Hall–Kier alpha value is -1.23. The van der Waals surface area contributed by atoms with E-state index in [1.165, 1.54) is 23.9 Å². The van der Waals surface area contributed by atoms with Crippen LogP contribution < -0.4 is 11.1 Å². The van der Waals surface area contributed by atoms with E-state index < -0.39 is 0 Å². The normalized spacial score (nSPS) is 12.4. The summed E-state index contributed by atoms with van der Waals surface area (Å²) in [4.78, 5) is 12.5. The second-order valence-corrected chi connectivity index (χ2v) is 6.43. The predicted molar refractivity (Wildman–Crippen MR) is 83.2 cm³/mol. The standard InChI is InChI=1S/C15H23FN2OS/c1-10(2)4-5-11(3)18-15(19)9-20-14-7-6-12(16)8-13(14)17/h6-8,10-11H,4-5,9,17H2,1-3H3,(H,18,19). The summed E-state index contributed by atoms with van der Waals surface area (Å²) in [5, 5.41) is 2.96. The average molecular weight is 298 g/mol. The van der Waals surface area contributed by atoms with Crippen LogP contribution in [0.4, 0.5) is 10.1 Å². The molecule has 20 heavy (non-hydrogen) atoms. The summed E-state index contributed by atoms with van der Waals surface area (Å²) < 4.78 is 12.9. The molecular formula is C15H23FN2OS. The van der Waals surface area contributed by atoms with Crippen molar-refractivity contribution in [1.82, 2.24) is 5.32 Å². The average Bonchev–Trinajstić information content (AvgIpc) is 2.35. The van der Waals surface area contributed by atoms with Crippen LogP contribution >= 0.6 is 11.8 Å². The third-order valence-corrected chi connectivity index (χ3v) is 4.00. The summed E-state index contributed by atoms with van der Waals surface area (Å²) in [6, 6.07) is 4.40. The highest BCUT2D eigenvalue weighted by Gasteiger charge is 2.10. The molecule has 3 nitrogen and oxygen atoms in total. The van der Waals surface area contributed by atoms with Gasteiger partial charge in [-0.1, -0.05) is 13.8 Å². The van der Waals surface area contributed by atoms with Crippen molar-refractivity contribution in [3.8, 4) is 0 Å². The number of anilines is 1. The summed E-state index contributed by atoms with van der Waals surface area (Å²) >= 11 is 1.33. The van der Waals surface area contributed by atoms with Gasteiger partial charge in [-0.15, -0.1) is 11.8 Å². The molecule has 0 aliphatic rings. The molecule has 0 saturated heterocycles. The van der Waals surface area contributed by atoms with Crippen molar-refractivity contribution < 1.29 is 9.18 Å². The van der Waals surface area contributed by atoms with Gasteiger partial charge in [0.15, 0.2) is 0 Å². The number of nitrogen functional groups attached to an aromatic ring is 1. The Balaban J connectivity index is 2.36. The minimum absolute atomic E-state index is 0.0185. The molecule has 1 rings (SSSR count). The van der Waals surface area contributed by atoms with Crippen molar-refractivity contribution in [2.24, 2.45) is 5.92 Å². The summed E-state index contributed by atoms with van der Waals surface area (Å²) in [5.41, 5.74) is 6.07. The van der Waals surface area contributed by atoms with E-state index in [9.17, 15) is 9.18 Å². The molecule has 3 N–H and O–H groups in total. The van der Waals surface area contributed by atoms with Gasteiger partial charge in [0, 0.05) is 16.6 Å². The van der Waals surface area contributed by atoms with E-state index in [1.807, 2.05) is 6.92 Å². The van der Waals surface area contributed by atoms with Crippen molar-refractivity contribution in [1.29, 1.82) is 0 Å². The molecule has 5 heteroatoms. The lowest BCUT2D eigenvalue weighted by Gasteiger charge is -2.15. The Labute approximate surface area is 124 Å². The van der Waals surface area contributed by atoms with Crippen LogP contribution in [-0.4, -0.2) is 17.7 Å². The van der Waals surface area contributed by atoms with E-state index in [0.717, 1.165) is 17.7 Å². The first-order chi connectivity index (χ1) is 9.38. The zero-order valence-corrected chi connectivity index (χ0v) is 13.1. The van der Waals surface area contributed by atoms with Gasteiger partial charge in [-0.3, -0.25) is 4.79 Å². The van der Waals surface area contributed by atoms with Gasteiger partial charge in [-0.25, -0.2) is 4.39 Å². The number of amides is 1. The maximum atomic E-state index is 12.9. The summed E-state index contributed by atoms with van der Waals surface area (Å²) in [6.45, 7) is 6.35. The van der Waals surface area contributed by atoms with Gasteiger partial charge in [0.25, 0.3) is 0 Å². The van der Waals surface area contributed by atoms with Crippen LogP contribution in [-0.2, 0) is 4.79 Å². The minimum atomic E-state index is -0.362. The molecule has 0 heterocycles. The molecule has 0 spiro atoms. The van der Waals surface area contributed by atoms with Crippen LogP contribution in [0.3, 0.4) is 0 Å². The smallest absolute Gasteiger partial charge is 0.230 e. The molecule has 0 bridgehead atoms. The number of rotatable bonds is 7. The summed E-state index contributed by atoms with van der Waals surface area (Å²) in [5.74, 6) is 0.554. The van der Waals surface area contributed by atoms with Crippen LogP contribution in [0.25, 0.3) is 0 Å². The number of nitrogens with two attached hydrogens (primary N) is 1. The van der Waals surface area contributed by atoms with E-state index >= 15 is 0 Å². The largest absolute Gasteiger partial charge is 0.398 e. The summed E-state index contributed by atoms with van der Waals surface area (Å²) in [6.07, 6.45) is 2.08. The van der Waals surface area contributed by atoms with Gasteiger partial charge in [-0.2, -0.15) is 0 Å². The second kappa shape index (κ2) is 8.15. The molecule has 0 fully saturated rings. The van der Waals surface area contributed by atoms with Gasteiger partial charge in [0.2, 0.25) is 5.91 Å². The fraction of sp³-hybridized carbons (Fsp3) is 0.533. The van der Waals surface area contributed by atoms with Crippen molar-refractivity contribution >= 4 is 23.4 Å². The number of benzene rings is 1. The first kappa shape index (κ1) is 16.8. The lowest BCUT2D eigenvalue weighted by molar-refractivity contribution is -0.119. The number of carbonyl (C=O) groups is 1. The van der Waals surface area contributed by atoms with Gasteiger partial charge in [0.1, 0.15) is 5.82 Å². The number of nitrogens with one attached hydrogen (secondary N) is 1. The molecule has 112 valence electrons. The van der Waals surface area contributed by atoms with Gasteiger partial charge >= 0.3 is 0 Å². The highest BCUT2D eigenvalue weighted by molar-refractivity contribution is 8.00. The van der Waals surface area contributed by atoms with Crippen LogP contribution in [0.15, 0.2) is 23.1 Å². The van der Waals surface area contributed by atoms with E-state index in [0.29, 0.717) is 17.4 Å². The monoisotopic (exact) mass is 298 g/mol. The lowest BCUT2D eigenvalue weighted by Crippen LogP contribution is -2.34. The fourth-order valence-corrected chi connectivity index (χ4v) is 2.53. The van der Waals surface area contributed by atoms with Crippen LogP contribution in [0, 0.1) is 11.7 Å². The third-order valence-electron chi connectivity index (χ3n) is 2.92. The molecule has 0 aliphatic heterocycles. The van der Waals surface area contributed by atoms with Crippen LogP contribution in [0.1, 0.15) is 33.6 Å². The lowest BCUT2D eigenvalue weighted by atomic mass is 10.0. The van der Waals surface area contributed by atoms with Gasteiger partial charge in [-0.05, 0) is 43.9 Å². The topological polar surface area (TPSA) is 55.1 Å². The van der Waals surface area contributed by atoms with E-state index in [1.54, 1.807) is 6.07 Å². The molecule has 1 amide bonds. The van der Waals surface area contributed by atoms with Crippen molar-refractivity contribution in [3.05, 3.63) is 24.0 Å². The van der Waals surface area contributed by atoms with Crippen molar-refractivity contribution in [2.45, 2.75) is 44.6 Å². The highest BCUT2D eigenvalue weighted by Crippen LogP contribution is 2.25. The van der Waals surface area contributed by atoms with Gasteiger partial charge in [0.05, 0.1) is 5.75 Å². The molecule has 1 aromatic rings. The van der Waals surface area contributed by atoms with Crippen molar-refractivity contribution in [2.75, 3.05) is 11.5 Å². The van der Waals surface area contributed by atoms with Crippen LogP contribution in [0.2, 0.25) is 0 Å². The Morgan fingerprint density at radius 2 is 2.05 bits per heavy atom. The number of halogens is 1. The molecule has 1 atom stereocenters. The Bertz CT molecular complexity index is 451. The van der Waals surface area contributed by atoms with E-state index in [2.05, 4.69) is 19.2 Å². The van der Waals surface area contributed by atoms with Gasteiger partial charge < -0.3 is 11.1 Å². The molecule has 0 saturated carbocycles.